The Bertz CT molecular complexity index is 1200. The van der Waals surface area contributed by atoms with E-state index in [1.807, 2.05) is 0 Å². The zero-order chi connectivity index (χ0) is 29.1. The number of nitrogens with one attached hydrogen (secondary N) is 1. The molecule has 38 heavy (non-hydrogen) atoms. The van der Waals surface area contributed by atoms with E-state index in [1.165, 1.54) is 5.32 Å². The first-order chi connectivity index (χ1) is 17.3. The fourth-order valence-corrected chi connectivity index (χ4v) is 3.74. The minimum atomic E-state index is -5.27. The molecule has 2 aromatic rings. The topological polar surface area (TPSA) is 46.2 Å². The molecule has 1 amide bonds. The van der Waals surface area contributed by atoms with E-state index in [2.05, 4.69) is 0 Å². The van der Waals surface area contributed by atoms with Crippen molar-refractivity contribution in [1.29, 1.82) is 0 Å². The van der Waals surface area contributed by atoms with Crippen LogP contribution in [-0.2, 0) is 11.0 Å². The maximum atomic E-state index is 14.8. The van der Waals surface area contributed by atoms with Gasteiger partial charge in [0.2, 0.25) is 5.91 Å². The van der Waals surface area contributed by atoms with Crippen molar-refractivity contribution < 1.29 is 53.5 Å². The minimum absolute atomic E-state index is 0.0178. The van der Waals surface area contributed by atoms with Gasteiger partial charge in [-0.25, -0.2) is 4.39 Å². The van der Waals surface area contributed by atoms with Crippen LogP contribution in [0.1, 0.15) is 45.8 Å². The molecule has 0 aliphatic heterocycles. The zero-order valence-electron chi connectivity index (χ0n) is 18.6. The van der Waals surface area contributed by atoms with Crippen molar-refractivity contribution in [2.45, 2.75) is 37.3 Å². The van der Waals surface area contributed by atoms with Crippen LogP contribution >= 0.6 is 23.2 Å². The first-order valence-electron chi connectivity index (χ1n) is 10.3. The summed E-state index contributed by atoms with van der Waals surface area (Å²) in [5.74, 6) is -6.92. The van der Waals surface area contributed by atoms with Crippen LogP contribution < -0.4 is 5.32 Å². The minimum Gasteiger partial charge on any atom is -0.347 e. The number of hydrogen-bond donors (Lipinski definition) is 1. The SMILES string of the molecule is O=C(CCC(=O)c1ccc(/C(F)=C/C(c2cc(Cl)cc(Cl)c2)C(F)(F)F)cc1C(F)(F)F)NCC(F)(F)F. The van der Waals surface area contributed by atoms with Crippen LogP contribution in [0.5, 0.6) is 0 Å². The zero-order valence-corrected chi connectivity index (χ0v) is 20.1. The van der Waals surface area contributed by atoms with Gasteiger partial charge in [-0.2, -0.15) is 39.5 Å². The molecule has 208 valence electrons. The summed E-state index contributed by atoms with van der Waals surface area (Å²) in [6, 6.07) is 4.05. The van der Waals surface area contributed by atoms with E-state index >= 15 is 0 Å². The molecule has 2 rings (SSSR count). The molecule has 0 fully saturated rings. The Balaban J connectivity index is 2.39. The Labute approximate surface area is 218 Å². The molecule has 0 saturated heterocycles. The van der Waals surface area contributed by atoms with Crippen molar-refractivity contribution in [2.75, 3.05) is 6.54 Å². The maximum Gasteiger partial charge on any atom is 0.417 e. The predicted octanol–water partition coefficient (Wildman–Crippen LogP) is 8.31. The van der Waals surface area contributed by atoms with Gasteiger partial charge in [0.25, 0.3) is 0 Å². The number of carbonyl (C=O) groups is 2. The number of halogens is 12. The monoisotopic (exact) mass is 597 g/mol. The van der Waals surface area contributed by atoms with E-state index < -0.39 is 83.6 Å². The maximum absolute atomic E-state index is 14.8. The van der Waals surface area contributed by atoms with Gasteiger partial charge in [-0.3, -0.25) is 9.59 Å². The normalized spacial score (nSPS) is 13.8. The van der Waals surface area contributed by atoms with Crippen LogP contribution in [0.15, 0.2) is 42.5 Å². The number of rotatable bonds is 8. The third kappa shape index (κ3) is 9.19. The third-order valence-corrected chi connectivity index (χ3v) is 5.31. The van der Waals surface area contributed by atoms with Gasteiger partial charge in [-0.15, -0.1) is 0 Å². The van der Waals surface area contributed by atoms with Gasteiger partial charge in [-0.05, 0) is 35.9 Å². The van der Waals surface area contributed by atoms with Crippen LogP contribution in [0.2, 0.25) is 10.0 Å². The third-order valence-electron chi connectivity index (χ3n) is 4.88. The molecule has 2 aromatic carbocycles. The number of amides is 1. The fourth-order valence-electron chi connectivity index (χ4n) is 3.20. The smallest absolute Gasteiger partial charge is 0.347 e. The standard InChI is InChI=1S/C23H15Cl2F10NO2/c24-13-5-12(6-14(25)8-13)16(22(30,31)32)9-18(26)11-1-2-15(17(7-11)23(33,34)35)19(37)3-4-20(38)36-10-21(27,28)29/h1-2,5-9,16H,3-4,10H2,(H,36,38)/b18-9-. The summed E-state index contributed by atoms with van der Waals surface area (Å²) in [7, 11) is 0. The van der Waals surface area contributed by atoms with Crippen LogP contribution in [0.4, 0.5) is 43.9 Å². The molecule has 0 bridgehead atoms. The quantitative estimate of drug-likeness (QED) is 0.246. The van der Waals surface area contributed by atoms with Gasteiger partial charge in [0, 0.05) is 34.0 Å². The summed E-state index contributed by atoms with van der Waals surface area (Å²) in [6.45, 7) is -1.71. The Morgan fingerprint density at radius 3 is 1.95 bits per heavy atom. The summed E-state index contributed by atoms with van der Waals surface area (Å²) < 4.78 is 133. The summed E-state index contributed by atoms with van der Waals surface area (Å²) in [5.41, 5.74) is -4.30. The van der Waals surface area contributed by atoms with Gasteiger partial charge >= 0.3 is 18.5 Å². The van der Waals surface area contributed by atoms with Gasteiger partial charge in [-0.1, -0.05) is 35.3 Å². The van der Waals surface area contributed by atoms with Crippen molar-refractivity contribution >= 4 is 40.7 Å². The largest absolute Gasteiger partial charge is 0.417 e. The number of Topliss-reactive ketones (excluding diaryl/α,β-unsaturated/α-hetero) is 1. The first-order valence-corrected chi connectivity index (χ1v) is 11.0. The van der Waals surface area contributed by atoms with E-state index in [0.29, 0.717) is 12.1 Å². The highest BCUT2D eigenvalue weighted by Gasteiger charge is 2.41. The molecule has 0 radical (unpaired) electrons. The average molecular weight is 598 g/mol. The highest BCUT2D eigenvalue weighted by atomic mass is 35.5. The van der Waals surface area contributed by atoms with Crippen molar-refractivity contribution in [3.05, 3.63) is 74.8 Å². The van der Waals surface area contributed by atoms with Gasteiger partial charge < -0.3 is 5.32 Å². The van der Waals surface area contributed by atoms with Crippen LogP contribution in [0, 0.1) is 0 Å². The molecule has 1 atom stereocenters. The second-order valence-electron chi connectivity index (χ2n) is 7.81. The van der Waals surface area contributed by atoms with E-state index in [9.17, 15) is 53.5 Å². The molecule has 0 spiro atoms. The lowest BCUT2D eigenvalue weighted by molar-refractivity contribution is -0.140. The predicted molar refractivity (Wildman–Crippen MR) is 118 cm³/mol. The fraction of sp³-hybridized carbons (Fsp3) is 0.304. The summed E-state index contributed by atoms with van der Waals surface area (Å²) in [5, 5.41) is 1.04. The lowest BCUT2D eigenvalue weighted by atomic mass is 9.94. The molecule has 3 nitrogen and oxygen atoms in total. The number of alkyl halides is 9. The van der Waals surface area contributed by atoms with Crippen LogP contribution in [-0.4, -0.2) is 30.6 Å². The van der Waals surface area contributed by atoms with E-state index in [4.69, 9.17) is 23.2 Å². The summed E-state index contributed by atoms with van der Waals surface area (Å²) in [6.07, 6.45) is -16.9. The van der Waals surface area contributed by atoms with E-state index in [0.717, 1.165) is 18.2 Å². The number of ketones is 1. The molecule has 0 heterocycles. The number of hydrogen-bond acceptors (Lipinski definition) is 2. The number of benzene rings is 2. The Kier molecular flexibility index (Phi) is 9.87. The summed E-state index contributed by atoms with van der Waals surface area (Å²) >= 11 is 11.4. The van der Waals surface area contributed by atoms with Crippen molar-refractivity contribution in [3.63, 3.8) is 0 Å². The molecule has 15 heteroatoms. The molecular weight excluding hydrogens is 583 g/mol. The van der Waals surface area contributed by atoms with E-state index in [1.54, 1.807) is 0 Å². The van der Waals surface area contributed by atoms with Crippen molar-refractivity contribution in [2.24, 2.45) is 0 Å². The second-order valence-corrected chi connectivity index (χ2v) is 8.68. The Morgan fingerprint density at radius 2 is 1.45 bits per heavy atom. The average Bonchev–Trinajstić information content (AvgIpc) is 2.76. The van der Waals surface area contributed by atoms with Crippen LogP contribution in [0.25, 0.3) is 5.83 Å². The van der Waals surface area contributed by atoms with Crippen molar-refractivity contribution in [3.8, 4) is 0 Å². The lowest BCUT2D eigenvalue weighted by Crippen LogP contribution is -2.33. The highest BCUT2D eigenvalue weighted by molar-refractivity contribution is 6.34. The lowest BCUT2D eigenvalue weighted by Gasteiger charge is -2.19. The Morgan fingerprint density at radius 1 is 0.868 bits per heavy atom. The molecule has 1 unspecified atom stereocenters. The first kappa shape index (κ1) is 31.4. The number of carbonyl (C=O) groups excluding carboxylic acids is 2. The highest BCUT2D eigenvalue weighted by Crippen LogP contribution is 2.41. The molecule has 0 saturated carbocycles. The summed E-state index contributed by atoms with van der Waals surface area (Å²) in [4.78, 5) is 23.7. The Hall–Kier alpha value is -2.80. The number of allylic oxidation sites excluding steroid dienone is 1. The van der Waals surface area contributed by atoms with Gasteiger partial charge in [0.15, 0.2) is 5.78 Å². The van der Waals surface area contributed by atoms with Crippen molar-refractivity contribution in [1.82, 2.24) is 5.32 Å². The van der Waals surface area contributed by atoms with E-state index in [-0.39, 0.29) is 22.2 Å². The van der Waals surface area contributed by atoms with Crippen LogP contribution in [0.3, 0.4) is 0 Å². The molecule has 0 aliphatic rings. The second kappa shape index (κ2) is 11.9. The molecular formula is C23H15Cl2F10NO2. The molecule has 1 N–H and O–H groups in total. The molecule has 0 aliphatic carbocycles. The molecule has 0 aromatic heterocycles. The van der Waals surface area contributed by atoms with Gasteiger partial charge in [0.05, 0.1) is 5.56 Å². The van der Waals surface area contributed by atoms with Gasteiger partial charge in [0.1, 0.15) is 18.3 Å².